The lowest BCUT2D eigenvalue weighted by atomic mass is 9.91. The minimum Gasteiger partial charge on any atom is -0.365 e. The van der Waals surface area contributed by atoms with Gasteiger partial charge in [-0.3, -0.25) is 0 Å². The van der Waals surface area contributed by atoms with Crippen molar-refractivity contribution in [3.05, 3.63) is 16.8 Å². The molecule has 1 aromatic rings. The fraction of sp³-hybridized carbons (Fsp3) is 0.615. The Morgan fingerprint density at radius 3 is 2.50 bits per heavy atom. The molecule has 1 aliphatic carbocycles. The highest BCUT2D eigenvalue weighted by Crippen LogP contribution is 2.23. The van der Waals surface area contributed by atoms with E-state index in [4.69, 9.17) is 5.73 Å². The van der Waals surface area contributed by atoms with Gasteiger partial charge in [0, 0.05) is 12.1 Å². The summed E-state index contributed by atoms with van der Waals surface area (Å²) < 4.78 is 0. The molecule has 0 unspecified atom stereocenters. The number of nitriles is 1. The normalized spacial score (nSPS) is 23.4. The summed E-state index contributed by atoms with van der Waals surface area (Å²) in [7, 11) is 0. The Bertz CT molecular complexity index is 469. The van der Waals surface area contributed by atoms with Crippen LogP contribution >= 0.6 is 0 Å². The van der Waals surface area contributed by atoms with Crippen molar-refractivity contribution in [2.45, 2.75) is 51.6 Å². The summed E-state index contributed by atoms with van der Waals surface area (Å²) in [6.45, 7) is 3.77. The van der Waals surface area contributed by atoms with Crippen molar-refractivity contribution in [3.63, 3.8) is 0 Å². The second kappa shape index (κ2) is 5.32. The largest absolute Gasteiger partial charge is 0.365 e. The van der Waals surface area contributed by atoms with E-state index >= 15 is 0 Å². The molecule has 1 fully saturated rings. The third-order valence-electron chi connectivity index (χ3n) is 3.68. The van der Waals surface area contributed by atoms with Crippen molar-refractivity contribution >= 4 is 5.82 Å². The molecule has 1 saturated carbocycles. The third kappa shape index (κ3) is 2.59. The third-order valence-corrected chi connectivity index (χ3v) is 3.68. The molecule has 18 heavy (non-hydrogen) atoms. The summed E-state index contributed by atoms with van der Waals surface area (Å²) in [4.78, 5) is 0. The van der Waals surface area contributed by atoms with E-state index in [-0.39, 0.29) is 0 Å². The molecule has 2 rings (SSSR count). The van der Waals surface area contributed by atoms with Gasteiger partial charge in [-0.1, -0.05) is 0 Å². The molecule has 1 aliphatic rings. The average molecular weight is 245 g/mol. The van der Waals surface area contributed by atoms with E-state index in [2.05, 4.69) is 21.6 Å². The number of hydrogen-bond donors (Lipinski definition) is 2. The van der Waals surface area contributed by atoms with Gasteiger partial charge in [-0.25, -0.2) is 0 Å². The Morgan fingerprint density at radius 1 is 1.22 bits per heavy atom. The molecular formula is C13H19N5. The number of rotatable bonds is 2. The zero-order valence-electron chi connectivity index (χ0n) is 10.9. The molecule has 0 radical (unpaired) electrons. The number of hydrogen-bond acceptors (Lipinski definition) is 5. The molecule has 0 saturated heterocycles. The van der Waals surface area contributed by atoms with Crippen LogP contribution in [0.1, 0.15) is 42.5 Å². The van der Waals surface area contributed by atoms with Crippen molar-refractivity contribution < 1.29 is 0 Å². The maximum absolute atomic E-state index is 9.22. The minimum absolute atomic E-state index is 0.323. The van der Waals surface area contributed by atoms with Gasteiger partial charge in [0.1, 0.15) is 11.6 Å². The summed E-state index contributed by atoms with van der Waals surface area (Å²) in [5.41, 5.74) is 8.20. The number of aromatic nitrogens is 2. The molecule has 96 valence electrons. The fourth-order valence-electron chi connectivity index (χ4n) is 2.30. The van der Waals surface area contributed by atoms with Crippen LogP contribution in [0.4, 0.5) is 5.82 Å². The van der Waals surface area contributed by atoms with Gasteiger partial charge in [-0.05, 0) is 45.1 Å². The van der Waals surface area contributed by atoms with E-state index in [1.807, 2.05) is 13.8 Å². The highest BCUT2D eigenvalue weighted by atomic mass is 15.2. The molecule has 5 nitrogen and oxygen atoms in total. The summed E-state index contributed by atoms with van der Waals surface area (Å²) in [6.07, 6.45) is 4.11. The van der Waals surface area contributed by atoms with Crippen LogP contribution in [0.15, 0.2) is 0 Å². The fourth-order valence-corrected chi connectivity index (χ4v) is 2.30. The van der Waals surface area contributed by atoms with E-state index in [0.29, 0.717) is 23.5 Å². The lowest BCUT2D eigenvalue weighted by Gasteiger charge is -2.27. The smallest absolute Gasteiger partial charge is 0.167 e. The molecule has 1 aromatic heterocycles. The Morgan fingerprint density at radius 2 is 1.89 bits per heavy atom. The van der Waals surface area contributed by atoms with E-state index in [1.54, 1.807) is 0 Å². The minimum atomic E-state index is 0.323. The molecule has 0 bridgehead atoms. The van der Waals surface area contributed by atoms with Crippen molar-refractivity contribution in [3.8, 4) is 6.07 Å². The van der Waals surface area contributed by atoms with E-state index in [1.165, 1.54) is 0 Å². The molecule has 0 aromatic carbocycles. The van der Waals surface area contributed by atoms with Gasteiger partial charge in [-0.2, -0.15) is 10.4 Å². The number of nitrogens with zero attached hydrogens (tertiary/aromatic N) is 3. The first-order valence-corrected chi connectivity index (χ1v) is 6.38. The number of anilines is 1. The average Bonchev–Trinajstić information content (AvgIpc) is 2.37. The Labute approximate surface area is 107 Å². The SMILES string of the molecule is Cc1nnc(NC2CCC(N)CC2)c(C#N)c1C. The first-order valence-electron chi connectivity index (χ1n) is 6.38. The molecule has 3 N–H and O–H groups in total. The standard InChI is InChI=1S/C13H19N5/c1-8-9(2)17-18-13(12(8)7-14)16-11-5-3-10(15)4-6-11/h10-11H,3-6,15H2,1-2H3,(H,16,18). The number of nitrogens with two attached hydrogens (primary N) is 1. The maximum Gasteiger partial charge on any atom is 0.167 e. The summed E-state index contributed by atoms with van der Waals surface area (Å²) in [6, 6.07) is 2.89. The van der Waals surface area contributed by atoms with Crippen LogP contribution in [-0.4, -0.2) is 22.3 Å². The molecule has 0 atom stereocenters. The van der Waals surface area contributed by atoms with Gasteiger partial charge in [0.05, 0.1) is 5.69 Å². The lowest BCUT2D eigenvalue weighted by molar-refractivity contribution is 0.410. The Balaban J connectivity index is 2.15. The summed E-state index contributed by atoms with van der Waals surface area (Å²) >= 11 is 0. The van der Waals surface area contributed by atoms with Gasteiger partial charge < -0.3 is 11.1 Å². The van der Waals surface area contributed by atoms with Gasteiger partial charge in [0.2, 0.25) is 0 Å². The van der Waals surface area contributed by atoms with Crippen molar-refractivity contribution in [2.75, 3.05) is 5.32 Å². The maximum atomic E-state index is 9.22. The summed E-state index contributed by atoms with van der Waals surface area (Å²) in [5.74, 6) is 0.612. The van der Waals surface area contributed by atoms with Crippen LogP contribution < -0.4 is 11.1 Å². The quantitative estimate of drug-likeness (QED) is 0.827. The van der Waals surface area contributed by atoms with Crippen molar-refractivity contribution in [1.29, 1.82) is 5.26 Å². The number of aryl methyl sites for hydroxylation is 1. The monoisotopic (exact) mass is 245 g/mol. The molecule has 0 aliphatic heterocycles. The second-order valence-corrected chi connectivity index (χ2v) is 5.00. The van der Waals surface area contributed by atoms with E-state index < -0.39 is 0 Å². The van der Waals surface area contributed by atoms with Crippen molar-refractivity contribution in [2.24, 2.45) is 5.73 Å². The van der Waals surface area contributed by atoms with Crippen LogP contribution in [-0.2, 0) is 0 Å². The van der Waals surface area contributed by atoms with Gasteiger partial charge >= 0.3 is 0 Å². The van der Waals surface area contributed by atoms with E-state index in [0.717, 1.165) is 36.9 Å². The summed E-state index contributed by atoms with van der Waals surface area (Å²) in [5, 5.41) is 20.7. The molecule has 5 heteroatoms. The zero-order valence-corrected chi connectivity index (χ0v) is 10.9. The van der Waals surface area contributed by atoms with Gasteiger partial charge in [0.15, 0.2) is 5.82 Å². The molecule has 0 amide bonds. The Kier molecular flexibility index (Phi) is 3.78. The first kappa shape index (κ1) is 12.8. The predicted octanol–water partition coefficient (Wildman–Crippen LogP) is 1.65. The molecular weight excluding hydrogens is 226 g/mol. The zero-order chi connectivity index (χ0) is 13.1. The van der Waals surface area contributed by atoms with Crippen LogP contribution in [0.5, 0.6) is 0 Å². The van der Waals surface area contributed by atoms with Crippen LogP contribution in [0, 0.1) is 25.2 Å². The predicted molar refractivity (Wildman–Crippen MR) is 70.1 cm³/mol. The van der Waals surface area contributed by atoms with Gasteiger partial charge in [-0.15, -0.1) is 5.10 Å². The highest BCUT2D eigenvalue weighted by molar-refractivity contribution is 5.56. The number of nitrogens with one attached hydrogen (secondary N) is 1. The first-order chi connectivity index (χ1) is 8.61. The Hall–Kier alpha value is -1.67. The van der Waals surface area contributed by atoms with Gasteiger partial charge in [0.25, 0.3) is 0 Å². The van der Waals surface area contributed by atoms with Crippen LogP contribution in [0.3, 0.4) is 0 Å². The van der Waals surface area contributed by atoms with E-state index in [9.17, 15) is 5.26 Å². The second-order valence-electron chi connectivity index (χ2n) is 5.00. The lowest BCUT2D eigenvalue weighted by Crippen LogP contribution is -2.33. The van der Waals surface area contributed by atoms with Crippen molar-refractivity contribution in [1.82, 2.24) is 10.2 Å². The topological polar surface area (TPSA) is 87.6 Å². The van der Waals surface area contributed by atoms with Crippen LogP contribution in [0.25, 0.3) is 0 Å². The highest BCUT2D eigenvalue weighted by Gasteiger charge is 2.20. The molecule has 0 spiro atoms. The van der Waals surface area contributed by atoms with Crippen LogP contribution in [0.2, 0.25) is 0 Å². The molecule has 1 heterocycles.